The molecule has 1 aliphatic rings. The van der Waals surface area contributed by atoms with Crippen molar-refractivity contribution in [1.29, 1.82) is 0 Å². The number of halogens is 3. The summed E-state index contributed by atoms with van der Waals surface area (Å²) in [4.78, 5) is 0. The normalized spacial score (nSPS) is 18.1. The van der Waals surface area contributed by atoms with E-state index >= 15 is 8.78 Å². The summed E-state index contributed by atoms with van der Waals surface area (Å²) < 4.78 is 49.8. The second kappa shape index (κ2) is 11.1. The number of ether oxygens (including phenoxy) is 1. The largest absolute Gasteiger partial charge is 0.489 e. The van der Waals surface area contributed by atoms with E-state index in [2.05, 4.69) is 6.92 Å². The van der Waals surface area contributed by atoms with E-state index in [9.17, 15) is 4.39 Å². The zero-order chi connectivity index (χ0) is 24.1. The Hall–Kier alpha value is -2.75. The fourth-order valence-corrected chi connectivity index (χ4v) is 5.14. The molecule has 0 atom stereocenters. The van der Waals surface area contributed by atoms with E-state index in [1.165, 1.54) is 18.9 Å². The smallest absolute Gasteiger partial charge is 0.166 e. The van der Waals surface area contributed by atoms with Crippen LogP contribution in [-0.2, 0) is 13.0 Å². The van der Waals surface area contributed by atoms with Gasteiger partial charge in [0.1, 0.15) is 18.2 Å². The second-order valence-electron chi connectivity index (χ2n) is 9.43. The van der Waals surface area contributed by atoms with Gasteiger partial charge >= 0.3 is 0 Å². The number of hydrogen-bond donors (Lipinski definition) is 0. The molecule has 4 rings (SSSR count). The summed E-state index contributed by atoms with van der Waals surface area (Å²) in [5, 5.41) is 0. The van der Waals surface area contributed by atoms with E-state index < -0.39 is 11.6 Å². The highest BCUT2D eigenvalue weighted by atomic mass is 19.2. The number of hydrogen-bond acceptors (Lipinski definition) is 1. The van der Waals surface area contributed by atoms with E-state index in [1.807, 2.05) is 13.0 Å². The quantitative estimate of drug-likeness (QED) is 0.322. The average Bonchev–Trinajstić information content (AvgIpc) is 2.86. The fraction of sp³-hybridized carbons (Fsp3) is 0.400. The van der Waals surface area contributed by atoms with Gasteiger partial charge in [0.15, 0.2) is 11.6 Å². The monoisotopic (exact) mass is 466 g/mol. The maximum Gasteiger partial charge on any atom is 0.166 e. The molecule has 0 spiro atoms. The summed E-state index contributed by atoms with van der Waals surface area (Å²) in [5.74, 6) is -0.311. The third kappa shape index (κ3) is 5.48. The van der Waals surface area contributed by atoms with Crippen LogP contribution in [-0.4, -0.2) is 0 Å². The third-order valence-corrected chi connectivity index (χ3v) is 7.16. The van der Waals surface area contributed by atoms with Crippen molar-refractivity contribution >= 4 is 0 Å². The Morgan fingerprint density at radius 1 is 0.824 bits per heavy atom. The van der Waals surface area contributed by atoms with Crippen LogP contribution in [0.4, 0.5) is 13.2 Å². The minimum absolute atomic E-state index is 0.101. The predicted molar refractivity (Wildman–Crippen MR) is 132 cm³/mol. The summed E-state index contributed by atoms with van der Waals surface area (Å²) in [7, 11) is 0. The Bertz CT molecular complexity index is 1100. The standard InChI is InChI=1S/C30H33F3O/c1-3-5-20-6-10-23(11-7-20)26-16-17-27(30(33)29(26)32)24-12-14-25(15-13-24)34-19-21-8-9-22(4-2)28(31)18-21/h8-9,12-18,20,23H,3-7,10-11,19H2,1-2H3. The highest BCUT2D eigenvalue weighted by molar-refractivity contribution is 5.65. The van der Waals surface area contributed by atoms with Gasteiger partial charge in [0.05, 0.1) is 0 Å². The molecule has 180 valence electrons. The number of benzene rings is 3. The van der Waals surface area contributed by atoms with Crippen LogP contribution in [0.2, 0.25) is 0 Å². The highest BCUT2D eigenvalue weighted by Gasteiger charge is 2.26. The fourth-order valence-electron chi connectivity index (χ4n) is 5.14. The first kappa shape index (κ1) is 24.4. The van der Waals surface area contributed by atoms with E-state index in [-0.39, 0.29) is 23.9 Å². The molecule has 34 heavy (non-hydrogen) atoms. The van der Waals surface area contributed by atoms with Gasteiger partial charge in [-0.3, -0.25) is 0 Å². The van der Waals surface area contributed by atoms with Crippen LogP contribution in [0.1, 0.15) is 75.0 Å². The van der Waals surface area contributed by atoms with E-state index in [0.29, 0.717) is 28.9 Å². The molecule has 0 radical (unpaired) electrons. The lowest BCUT2D eigenvalue weighted by Gasteiger charge is -2.29. The van der Waals surface area contributed by atoms with Gasteiger partial charge in [-0.15, -0.1) is 0 Å². The molecule has 0 aliphatic heterocycles. The molecule has 0 N–H and O–H groups in total. The van der Waals surface area contributed by atoms with Crippen LogP contribution < -0.4 is 4.74 Å². The SMILES string of the molecule is CCCC1CCC(c2ccc(-c3ccc(OCc4ccc(CC)c(F)c4)cc3)c(F)c2F)CC1. The summed E-state index contributed by atoms with van der Waals surface area (Å²) in [6, 6.07) is 15.5. The van der Waals surface area contributed by atoms with Gasteiger partial charge in [0.25, 0.3) is 0 Å². The lowest BCUT2D eigenvalue weighted by Crippen LogP contribution is -2.14. The molecule has 3 aromatic carbocycles. The van der Waals surface area contributed by atoms with Crippen LogP contribution in [0.15, 0.2) is 54.6 Å². The molecule has 0 saturated heterocycles. The van der Waals surface area contributed by atoms with Gasteiger partial charge in [0.2, 0.25) is 0 Å². The molecule has 1 nitrogen and oxygen atoms in total. The highest BCUT2D eigenvalue weighted by Crippen LogP contribution is 2.40. The van der Waals surface area contributed by atoms with E-state index in [1.54, 1.807) is 42.5 Å². The lowest BCUT2D eigenvalue weighted by molar-refractivity contribution is 0.303. The van der Waals surface area contributed by atoms with Crippen molar-refractivity contribution in [3.8, 4) is 16.9 Å². The maximum absolute atomic E-state index is 15.0. The van der Waals surface area contributed by atoms with Crippen molar-refractivity contribution < 1.29 is 17.9 Å². The van der Waals surface area contributed by atoms with Gasteiger partial charge in [0, 0.05) is 5.56 Å². The van der Waals surface area contributed by atoms with Crippen molar-refractivity contribution in [1.82, 2.24) is 0 Å². The zero-order valence-electron chi connectivity index (χ0n) is 20.0. The van der Waals surface area contributed by atoms with Gasteiger partial charge in [-0.2, -0.15) is 0 Å². The minimum Gasteiger partial charge on any atom is -0.489 e. The summed E-state index contributed by atoms with van der Waals surface area (Å²) >= 11 is 0. The molecular formula is C30H33F3O. The molecule has 1 aliphatic carbocycles. The lowest BCUT2D eigenvalue weighted by atomic mass is 9.77. The van der Waals surface area contributed by atoms with E-state index in [0.717, 1.165) is 37.2 Å². The van der Waals surface area contributed by atoms with Crippen LogP contribution in [0, 0.1) is 23.4 Å². The number of rotatable bonds is 8. The Morgan fingerprint density at radius 3 is 2.21 bits per heavy atom. The van der Waals surface area contributed by atoms with Crippen LogP contribution in [0.3, 0.4) is 0 Å². The van der Waals surface area contributed by atoms with Crippen molar-refractivity contribution in [3.05, 3.63) is 88.7 Å². The van der Waals surface area contributed by atoms with Crippen molar-refractivity contribution in [2.45, 2.75) is 71.3 Å². The third-order valence-electron chi connectivity index (χ3n) is 7.16. The van der Waals surface area contributed by atoms with Crippen molar-refractivity contribution in [3.63, 3.8) is 0 Å². The van der Waals surface area contributed by atoms with Gasteiger partial charge in [-0.05, 0) is 84.4 Å². The summed E-state index contributed by atoms with van der Waals surface area (Å²) in [6.07, 6.45) is 7.10. The average molecular weight is 467 g/mol. The second-order valence-corrected chi connectivity index (χ2v) is 9.43. The number of aryl methyl sites for hydroxylation is 1. The first-order valence-corrected chi connectivity index (χ1v) is 12.5. The summed E-state index contributed by atoms with van der Waals surface area (Å²) in [6.45, 7) is 4.35. The Labute approximate surface area is 201 Å². The maximum atomic E-state index is 15.0. The topological polar surface area (TPSA) is 9.23 Å². The van der Waals surface area contributed by atoms with Crippen LogP contribution >= 0.6 is 0 Å². The van der Waals surface area contributed by atoms with E-state index in [4.69, 9.17) is 4.74 Å². The predicted octanol–water partition coefficient (Wildman–Crippen LogP) is 8.99. The Balaban J connectivity index is 1.42. The van der Waals surface area contributed by atoms with Crippen molar-refractivity contribution in [2.75, 3.05) is 0 Å². The molecule has 1 saturated carbocycles. The molecule has 0 bridgehead atoms. The van der Waals surface area contributed by atoms with Gasteiger partial charge < -0.3 is 4.74 Å². The Morgan fingerprint density at radius 2 is 1.56 bits per heavy atom. The summed E-state index contributed by atoms with van der Waals surface area (Å²) in [5.41, 5.74) is 2.78. The molecule has 0 heterocycles. The molecule has 0 amide bonds. The first-order chi connectivity index (χ1) is 16.5. The molecule has 0 unspecified atom stereocenters. The molecule has 3 aromatic rings. The molecule has 4 heteroatoms. The molecule has 1 fully saturated rings. The van der Waals surface area contributed by atoms with Crippen LogP contribution in [0.5, 0.6) is 5.75 Å². The zero-order valence-corrected chi connectivity index (χ0v) is 20.0. The molecule has 0 aromatic heterocycles. The first-order valence-electron chi connectivity index (χ1n) is 12.5. The van der Waals surface area contributed by atoms with Gasteiger partial charge in [-0.25, -0.2) is 13.2 Å². The minimum atomic E-state index is -0.784. The van der Waals surface area contributed by atoms with Crippen LogP contribution in [0.25, 0.3) is 11.1 Å². The van der Waals surface area contributed by atoms with Crippen molar-refractivity contribution in [2.24, 2.45) is 5.92 Å². The van der Waals surface area contributed by atoms with Gasteiger partial charge in [-0.1, -0.05) is 63.1 Å². The Kier molecular flexibility index (Phi) is 7.97. The molecular weight excluding hydrogens is 433 g/mol.